The lowest BCUT2D eigenvalue weighted by molar-refractivity contribution is -0.138. The maximum absolute atomic E-state index is 9.68. The first-order valence-electron chi connectivity index (χ1n) is 33.5. The Labute approximate surface area is 660 Å². The number of hydrogen-bond acceptors (Lipinski definition) is 15. The average Bonchev–Trinajstić information content (AvgIpc) is 0.877. The summed E-state index contributed by atoms with van der Waals surface area (Å²) in [5.74, 6) is 3.15. The first kappa shape index (κ1) is 97.3. The van der Waals surface area contributed by atoms with Gasteiger partial charge in [-0.25, -0.2) is 0 Å². The Morgan fingerprint density at radius 3 is 0.617 bits per heavy atom. The van der Waals surface area contributed by atoms with E-state index in [0.29, 0.717) is 17.0 Å². The minimum atomic E-state index is -1.34. The Kier molecular flexibility index (Phi) is 48.3. The van der Waals surface area contributed by atoms with E-state index in [4.69, 9.17) is 38.9 Å². The lowest BCUT2D eigenvalue weighted by atomic mass is 9.81. The highest BCUT2D eigenvalue weighted by molar-refractivity contribution is 9.11. The molecule has 10 aromatic rings. The predicted octanol–water partition coefficient (Wildman–Crippen LogP) is 20.5. The second-order valence-electron chi connectivity index (χ2n) is 23.8. The fourth-order valence-electron chi connectivity index (χ4n) is 9.86. The van der Waals surface area contributed by atoms with Crippen LogP contribution in [0.4, 0.5) is 0 Å². The van der Waals surface area contributed by atoms with Gasteiger partial charge in [0.1, 0.15) is 34.5 Å². The summed E-state index contributed by atoms with van der Waals surface area (Å²) in [6.07, 6.45) is 0. The van der Waals surface area contributed by atoms with Crippen LogP contribution in [0.5, 0.6) is 34.5 Å². The van der Waals surface area contributed by atoms with Crippen molar-refractivity contribution in [1.29, 1.82) is 0 Å². The number of carbonyl (C=O) groups excluding carboxylic acids is 3. The van der Waals surface area contributed by atoms with Gasteiger partial charge in [0.05, 0.1) is 49.8 Å². The number of carboxylic acid groups (broad SMARTS) is 1. The second-order valence-corrected chi connectivity index (χ2v) is 26.5. The number of carboxylic acids is 1. The summed E-state index contributed by atoms with van der Waals surface area (Å²) in [4.78, 5) is 37.8. The van der Waals surface area contributed by atoms with E-state index in [2.05, 4.69) is 175 Å². The number of esters is 3. The minimum Gasteiger partial charge on any atom is -0.507 e. The molecule has 0 aliphatic carbocycles. The molecule has 0 aliphatic rings. The number of phenols is 2. The zero-order chi connectivity index (χ0) is 81.6. The summed E-state index contributed by atoms with van der Waals surface area (Å²) >= 11 is 10.2. The Bertz CT molecular complexity index is 3980. The smallest absolute Gasteiger partial charge is 0.488 e. The van der Waals surface area contributed by atoms with Gasteiger partial charge < -0.3 is 58.5 Å². The number of aliphatic carboxylic acids is 1. The zero-order valence-corrected chi connectivity index (χ0v) is 70.7. The monoisotopic (exact) mass is 1650 g/mol. The van der Waals surface area contributed by atoms with Gasteiger partial charge in [0, 0.05) is 41.1 Å². The molecule has 5 N–H and O–H groups in total. The molecular formula is C87H106BBr3O16. The van der Waals surface area contributed by atoms with Crippen LogP contribution in [0.1, 0.15) is 94.5 Å². The number of benzene rings is 10. The molecular weight excluding hydrogens is 1550 g/mol. The van der Waals surface area contributed by atoms with Crippen molar-refractivity contribution in [3.63, 3.8) is 0 Å². The number of ether oxygens (including phenoxy) is 7. The van der Waals surface area contributed by atoms with Gasteiger partial charge in [-0.1, -0.05) is 169 Å². The van der Waals surface area contributed by atoms with E-state index in [9.17, 15) is 24.6 Å². The summed E-state index contributed by atoms with van der Waals surface area (Å²) in [7, 11) is 9.54. The molecule has 0 saturated carbocycles. The molecule has 0 unspecified atom stereocenters. The van der Waals surface area contributed by atoms with Crippen LogP contribution in [-0.2, 0) is 33.4 Å². The van der Waals surface area contributed by atoms with Crippen LogP contribution in [0.3, 0.4) is 0 Å². The quantitative estimate of drug-likeness (QED) is 0.0540. The van der Waals surface area contributed by atoms with Crippen molar-refractivity contribution >= 4 is 84.2 Å². The lowest BCUT2D eigenvalue weighted by Crippen LogP contribution is -2.29. The van der Waals surface area contributed by atoms with Gasteiger partial charge in [-0.3, -0.25) is 19.2 Å². The van der Waals surface area contributed by atoms with Gasteiger partial charge in [0.25, 0.3) is 5.97 Å². The third-order valence-corrected chi connectivity index (χ3v) is 16.2. The SMILES string of the molecule is CC(=O)O.COC(C)=O.COC(C)=O.COC(C)=O.COc1c(C)cc(-c2ccccc2)cc1C.COc1c(C)cc(-c2ccccc2)cc1C.COc1c(C)cc(Br)cc1C.COc1c(C)cc(Br)cc1C.Cc1cc(-c2ccccc2)cc(C)c1O.Cc1cc(Br)cc(C)c1O.OB(O)c1ccccc1. The van der Waals surface area contributed by atoms with E-state index in [1.165, 1.54) is 114 Å². The van der Waals surface area contributed by atoms with Gasteiger partial charge in [0.2, 0.25) is 0 Å². The van der Waals surface area contributed by atoms with Gasteiger partial charge in [0.15, 0.2) is 0 Å². The zero-order valence-electron chi connectivity index (χ0n) is 65.9. The van der Waals surface area contributed by atoms with Crippen LogP contribution in [0.15, 0.2) is 208 Å². The van der Waals surface area contributed by atoms with Crippen molar-refractivity contribution in [2.45, 2.75) is 111 Å². The molecule has 0 heterocycles. The normalized spacial score (nSPS) is 9.38. The molecule has 16 nitrogen and oxygen atoms in total. The number of hydrogen-bond donors (Lipinski definition) is 5. The van der Waals surface area contributed by atoms with Crippen LogP contribution < -0.4 is 24.4 Å². The number of carbonyl (C=O) groups is 4. The van der Waals surface area contributed by atoms with Crippen molar-refractivity contribution in [1.82, 2.24) is 0 Å². The molecule has 10 aromatic carbocycles. The van der Waals surface area contributed by atoms with Crippen LogP contribution in [0, 0.1) is 83.1 Å². The first-order chi connectivity index (χ1) is 50.4. The molecule has 0 aliphatic heterocycles. The fraction of sp³-hybridized carbons (Fsp3) is 0.264. The van der Waals surface area contributed by atoms with Crippen LogP contribution in [0.25, 0.3) is 33.4 Å². The van der Waals surface area contributed by atoms with Gasteiger partial charge in [-0.05, 0) is 261 Å². The average molecular weight is 1660 g/mol. The molecule has 20 heteroatoms. The highest BCUT2D eigenvalue weighted by Crippen LogP contribution is 2.33. The predicted molar refractivity (Wildman–Crippen MR) is 447 cm³/mol. The van der Waals surface area contributed by atoms with Gasteiger partial charge >= 0.3 is 25.0 Å². The Hall–Kier alpha value is -9.70. The number of aromatic hydroxyl groups is 2. The van der Waals surface area contributed by atoms with Gasteiger partial charge in [-0.2, -0.15) is 0 Å². The maximum atomic E-state index is 9.68. The standard InChI is InChI=1S/2C15H16O.C14H14O.2C9H11BrO.C8H9BrO.C6H7BO2.3C3H6O2.C2H4O2/c2*1-11-9-14(10-12(2)15(11)16-3)13-7-5-4-6-8-13;1-10-8-13(9-11(2)14(10)15)12-6-4-3-5-7-12;2*1-6-4-8(10)5-7(2)9(6)11-3;1-5-3-7(9)4-6(2)8(5)10;8-7(9)6-4-2-1-3-5-6;3*1-3(4)5-2;1-2(3)4/h2*4-10H,1-3H3;3-9,15H,1-2H3;2*4-5H,1-3H3;3-4,10H,1-2H3;1-5,8-9H;3*1-2H3;1H3,(H,3,4). The number of halogens is 3. The van der Waals surface area contributed by atoms with E-state index in [-0.39, 0.29) is 17.9 Å². The number of rotatable bonds is 8. The Morgan fingerprint density at radius 1 is 0.290 bits per heavy atom. The minimum absolute atomic E-state index is 0.245. The molecule has 0 saturated heterocycles. The first-order valence-corrected chi connectivity index (χ1v) is 35.8. The Morgan fingerprint density at radius 2 is 0.449 bits per heavy atom. The third kappa shape index (κ3) is 38.9. The van der Waals surface area contributed by atoms with Crippen molar-refractivity contribution < 1.29 is 77.7 Å². The molecule has 0 fully saturated rings. The van der Waals surface area contributed by atoms with Crippen molar-refractivity contribution in [3.8, 4) is 67.9 Å². The third-order valence-electron chi connectivity index (χ3n) is 14.8. The summed E-state index contributed by atoms with van der Waals surface area (Å²) < 4.78 is 36.7. The van der Waals surface area contributed by atoms with E-state index >= 15 is 0 Å². The summed E-state index contributed by atoms with van der Waals surface area (Å²) in [5, 5.41) is 43.6. The highest BCUT2D eigenvalue weighted by Gasteiger charge is 2.11. The number of aryl methyl sites for hydroxylation is 12. The molecule has 107 heavy (non-hydrogen) atoms. The van der Waals surface area contributed by atoms with Crippen molar-refractivity contribution in [2.24, 2.45) is 0 Å². The van der Waals surface area contributed by atoms with Crippen LogP contribution in [-0.4, -0.2) is 106 Å². The Balaban J connectivity index is 0.00000119. The second kappa shape index (κ2) is 53.1. The largest absolute Gasteiger partial charge is 0.507 e. The van der Waals surface area contributed by atoms with E-state index in [1.807, 2.05) is 140 Å². The fourth-order valence-corrected chi connectivity index (χ4v) is 11.9. The molecule has 0 aromatic heterocycles. The molecule has 0 bridgehead atoms. The molecule has 10 rings (SSSR count). The molecule has 0 radical (unpaired) electrons. The number of phenolic OH excluding ortho intramolecular Hbond substituents is 2. The molecule has 0 spiro atoms. The summed E-state index contributed by atoms with van der Waals surface area (Å²) in [6, 6.07) is 64.3. The molecule has 0 atom stereocenters. The van der Waals surface area contributed by atoms with E-state index in [0.717, 1.165) is 71.2 Å². The number of methoxy groups -OCH3 is 7. The van der Waals surface area contributed by atoms with Crippen molar-refractivity contribution in [2.75, 3.05) is 49.8 Å². The highest BCUT2D eigenvalue weighted by atomic mass is 79.9. The van der Waals surface area contributed by atoms with Crippen LogP contribution in [0.2, 0.25) is 0 Å². The van der Waals surface area contributed by atoms with Gasteiger partial charge in [-0.15, -0.1) is 0 Å². The van der Waals surface area contributed by atoms with E-state index in [1.54, 1.807) is 52.7 Å². The summed E-state index contributed by atoms with van der Waals surface area (Å²) in [6.45, 7) is 29.3. The molecule has 0 amide bonds. The summed E-state index contributed by atoms with van der Waals surface area (Å²) in [5.41, 5.74) is 20.9. The lowest BCUT2D eigenvalue weighted by Gasteiger charge is -2.11. The van der Waals surface area contributed by atoms with E-state index < -0.39 is 13.1 Å². The topological polar surface area (TPSA) is 234 Å². The molecule has 574 valence electrons. The van der Waals surface area contributed by atoms with Crippen LogP contribution >= 0.6 is 47.8 Å². The maximum Gasteiger partial charge on any atom is 0.488 e. The van der Waals surface area contributed by atoms with Crippen molar-refractivity contribution in [3.05, 3.63) is 274 Å².